The van der Waals surface area contributed by atoms with Gasteiger partial charge in [0.25, 0.3) is 0 Å². The van der Waals surface area contributed by atoms with Gasteiger partial charge in [0, 0.05) is 32.4 Å². The number of nitrogens with one attached hydrogen (secondary N) is 1. The highest BCUT2D eigenvalue weighted by Crippen LogP contribution is 2.24. The lowest BCUT2D eigenvalue weighted by Crippen LogP contribution is -2.49. The minimum atomic E-state index is -0.320. The highest BCUT2D eigenvalue weighted by Gasteiger charge is 2.33. The summed E-state index contributed by atoms with van der Waals surface area (Å²) in [6.45, 7) is 5.50. The van der Waals surface area contributed by atoms with Gasteiger partial charge in [-0.2, -0.15) is 0 Å². The summed E-state index contributed by atoms with van der Waals surface area (Å²) in [5.74, 6) is 0.982. The van der Waals surface area contributed by atoms with Crippen LogP contribution >= 0.6 is 0 Å². The van der Waals surface area contributed by atoms with Gasteiger partial charge in [-0.25, -0.2) is 0 Å². The second-order valence-corrected chi connectivity index (χ2v) is 6.57. The smallest absolute Gasteiger partial charge is 0.245 e. The van der Waals surface area contributed by atoms with Gasteiger partial charge in [-0.1, -0.05) is 12.1 Å². The van der Waals surface area contributed by atoms with Gasteiger partial charge in [0.2, 0.25) is 11.8 Å². The van der Waals surface area contributed by atoms with Crippen molar-refractivity contribution in [2.45, 2.75) is 51.7 Å². The Kier molecular flexibility index (Phi) is 4.55. The van der Waals surface area contributed by atoms with Crippen LogP contribution in [0, 0.1) is 13.8 Å². The number of nitrogens with zero attached hydrogens (tertiary/aromatic N) is 1. The standard InChI is InChI=1S/C18H24N2O3/c1-12-3-4-13(2)16(11-12)23-14-7-9-20(10-8-14)18(22)15-5-6-17(21)19-15/h3-4,11,14-15H,5-10H2,1-2H3,(H,19,21)/t15-/m1/s1. The average Bonchev–Trinajstić information content (AvgIpc) is 2.97. The van der Waals surface area contributed by atoms with E-state index in [1.165, 1.54) is 5.56 Å². The predicted octanol–water partition coefficient (Wildman–Crippen LogP) is 1.95. The fourth-order valence-electron chi connectivity index (χ4n) is 3.23. The molecule has 1 atom stereocenters. The number of aryl methyl sites for hydroxylation is 2. The van der Waals surface area contributed by atoms with E-state index in [4.69, 9.17) is 4.74 Å². The molecular weight excluding hydrogens is 292 g/mol. The zero-order chi connectivity index (χ0) is 16.4. The van der Waals surface area contributed by atoms with Crippen LogP contribution in [0.15, 0.2) is 18.2 Å². The van der Waals surface area contributed by atoms with Crippen LogP contribution in [0.3, 0.4) is 0 Å². The third kappa shape index (κ3) is 3.66. The quantitative estimate of drug-likeness (QED) is 0.927. The van der Waals surface area contributed by atoms with Gasteiger partial charge >= 0.3 is 0 Å². The van der Waals surface area contributed by atoms with Gasteiger partial charge in [-0.05, 0) is 37.5 Å². The first-order valence-corrected chi connectivity index (χ1v) is 8.35. The molecule has 1 aromatic rings. The monoisotopic (exact) mass is 316 g/mol. The molecule has 2 aliphatic rings. The first kappa shape index (κ1) is 15.8. The van der Waals surface area contributed by atoms with Crippen LogP contribution in [0.4, 0.5) is 0 Å². The number of amides is 2. The van der Waals surface area contributed by atoms with Crippen molar-refractivity contribution in [3.63, 3.8) is 0 Å². The highest BCUT2D eigenvalue weighted by molar-refractivity contribution is 5.90. The fraction of sp³-hybridized carbons (Fsp3) is 0.556. The minimum Gasteiger partial charge on any atom is -0.490 e. The molecule has 2 heterocycles. The van der Waals surface area contributed by atoms with Crippen molar-refractivity contribution in [3.8, 4) is 5.75 Å². The molecule has 1 N–H and O–H groups in total. The third-order valence-corrected chi connectivity index (χ3v) is 4.68. The van der Waals surface area contributed by atoms with E-state index in [-0.39, 0.29) is 24.0 Å². The van der Waals surface area contributed by atoms with Crippen LogP contribution in [0.2, 0.25) is 0 Å². The number of hydrogen-bond acceptors (Lipinski definition) is 3. The van der Waals surface area contributed by atoms with Gasteiger partial charge in [-0.15, -0.1) is 0 Å². The van der Waals surface area contributed by atoms with E-state index < -0.39 is 0 Å². The highest BCUT2D eigenvalue weighted by atomic mass is 16.5. The Morgan fingerprint density at radius 1 is 1.22 bits per heavy atom. The van der Waals surface area contributed by atoms with Gasteiger partial charge in [0.05, 0.1) is 0 Å². The maximum Gasteiger partial charge on any atom is 0.245 e. The number of carbonyl (C=O) groups is 2. The number of carbonyl (C=O) groups excluding carboxylic acids is 2. The number of likely N-dealkylation sites (tertiary alicyclic amines) is 1. The Bertz CT molecular complexity index is 606. The summed E-state index contributed by atoms with van der Waals surface area (Å²) >= 11 is 0. The number of rotatable bonds is 3. The molecule has 23 heavy (non-hydrogen) atoms. The second-order valence-electron chi connectivity index (χ2n) is 6.57. The molecule has 5 nitrogen and oxygen atoms in total. The van der Waals surface area contributed by atoms with E-state index >= 15 is 0 Å². The lowest BCUT2D eigenvalue weighted by Gasteiger charge is -2.33. The molecule has 2 fully saturated rings. The van der Waals surface area contributed by atoms with Crippen LogP contribution in [0.1, 0.15) is 36.8 Å². The Labute approximate surface area is 137 Å². The van der Waals surface area contributed by atoms with Crippen LogP contribution in [-0.4, -0.2) is 41.9 Å². The van der Waals surface area contributed by atoms with Crippen molar-refractivity contribution >= 4 is 11.8 Å². The van der Waals surface area contributed by atoms with Crippen molar-refractivity contribution in [1.82, 2.24) is 10.2 Å². The van der Waals surface area contributed by atoms with E-state index in [1.807, 2.05) is 4.90 Å². The normalized spacial score (nSPS) is 22.1. The molecule has 2 amide bonds. The SMILES string of the molecule is Cc1ccc(C)c(OC2CCN(C(=O)[C@H]3CCC(=O)N3)CC2)c1. The zero-order valence-electron chi connectivity index (χ0n) is 13.8. The van der Waals surface area contributed by atoms with Crippen molar-refractivity contribution in [2.75, 3.05) is 13.1 Å². The van der Waals surface area contributed by atoms with Crippen LogP contribution in [-0.2, 0) is 9.59 Å². The van der Waals surface area contributed by atoms with E-state index in [1.54, 1.807) is 0 Å². The van der Waals surface area contributed by atoms with Gasteiger partial charge in [-0.3, -0.25) is 9.59 Å². The summed E-state index contributed by atoms with van der Waals surface area (Å²) < 4.78 is 6.13. The van der Waals surface area contributed by atoms with Crippen LogP contribution < -0.4 is 10.1 Å². The minimum absolute atomic E-state index is 0.0171. The largest absolute Gasteiger partial charge is 0.490 e. The summed E-state index contributed by atoms with van der Waals surface area (Å²) in [6.07, 6.45) is 2.90. The van der Waals surface area contributed by atoms with E-state index in [0.29, 0.717) is 25.9 Å². The molecule has 1 aromatic carbocycles. The zero-order valence-corrected chi connectivity index (χ0v) is 13.8. The molecule has 5 heteroatoms. The Hall–Kier alpha value is -2.04. The summed E-state index contributed by atoms with van der Waals surface area (Å²) in [4.78, 5) is 25.5. The molecule has 0 bridgehead atoms. The first-order valence-electron chi connectivity index (χ1n) is 8.35. The molecule has 0 aromatic heterocycles. The van der Waals surface area contributed by atoms with Crippen molar-refractivity contribution in [1.29, 1.82) is 0 Å². The van der Waals surface area contributed by atoms with Crippen LogP contribution in [0.5, 0.6) is 5.75 Å². The molecule has 0 saturated carbocycles. The number of hydrogen-bond donors (Lipinski definition) is 1. The molecule has 2 aliphatic heterocycles. The van der Waals surface area contributed by atoms with Crippen molar-refractivity contribution < 1.29 is 14.3 Å². The average molecular weight is 316 g/mol. The summed E-state index contributed by atoms with van der Waals surface area (Å²) in [5.41, 5.74) is 2.33. The maximum atomic E-state index is 12.4. The maximum absolute atomic E-state index is 12.4. The van der Waals surface area contributed by atoms with Crippen LogP contribution in [0.25, 0.3) is 0 Å². The number of ether oxygens (including phenoxy) is 1. The molecular formula is C18H24N2O3. The molecule has 0 aliphatic carbocycles. The summed E-state index contributed by atoms with van der Waals surface area (Å²) in [7, 11) is 0. The van der Waals surface area contributed by atoms with E-state index in [2.05, 4.69) is 37.4 Å². The number of piperidine rings is 1. The third-order valence-electron chi connectivity index (χ3n) is 4.68. The lowest BCUT2D eigenvalue weighted by atomic mass is 10.1. The first-order chi connectivity index (χ1) is 11.0. The predicted molar refractivity (Wildman–Crippen MR) is 87.3 cm³/mol. The van der Waals surface area contributed by atoms with Gasteiger partial charge in [0.15, 0.2) is 0 Å². The number of benzene rings is 1. The fourth-order valence-corrected chi connectivity index (χ4v) is 3.23. The molecule has 0 radical (unpaired) electrons. The Balaban J connectivity index is 1.53. The van der Waals surface area contributed by atoms with Crippen molar-refractivity contribution in [2.24, 2.45) is 0 Å². The molecule has 124 valence electrons. The lowest BCUT2D eigenvalue weighted by molar-refractivity contribution is -0.136. The van der Waals surface area contributed by atoms with Gasteiger partial charge < -0.3 is 15.0 Å². The second kappa shape index (κ2) is 6.60. The van der Waals surface area contributed by atoms with Crippen molar-refractivity contribution in [3.05, 3.63) is 29.3 Å². The molecule has 2 saturated heterocycles. The van der Waals surface area contributed by atoms with E-state index in [9.17, 15) is 9.59 Å². The topological polar surface area (TPSA) is 58.6 Å². The molecule has 3 rings (SSSR count). The Morgan fingerprint density at radius 2 is 1.96 bits per heavy atom. The van der Waals surface area contributed by atoms with Gasteiger partial charge in [0.1, 0.15) is 17.9 Å². The Morgan fingerprint density at radius 3 is 2.61 bits per heavy atom. The summed E-state index contributed by atoms with van der Waals surface area (Å²) in [5, 5.41) is 2.75. The van der Waals surface area contributed by atoms with E-state index in [0.717, 1.165) is 24.2 Å². The molecule has 0 spiro atoms. The molecule has 0 unspecified atom stereocenters. The summed E-state index contributed by atoms with van der Waals surface area (Å²) in [6, 6.07) is 5.91.